The molecule has 0 aliphatic heterocycles. The van der Waals surface area contributed by atoms with Crippen molar-refractivity contribution in [1.82, 2.24) is 0 Å². The van der Waals surface area contributed by atoms with Crippen LogP contribution < -0.4 is 37.2 Å². The molecule has 1 atom stereocenters. The summed E-state index contributed by atoms with van der Waals surface area (Å²) in [6.45, 7) is 13.4. The Kier molecular flexibility index (Phi) is 14.6. The van der Waals surface area contributed by atoms with Gasteiger partial charge in [-0.25, -0.2) is 5.57 Å². The maximum absolute atomic E-state index is 3.59. The van der Waals surface area contributed by atoms with Gasteiger partial charge in [-0.15, -0.1) is 0 Å². The number of halogens is 3. The van der Waals surface area contributed by atoms with Crippen LogP contribution in [0.3, 0.4) is 0 Å². The van der Waals surface area contributed by atoms with Gasteiger partial charge in [0, 0.05) is 0 Å². The van der Waals surface area contributed by atoms with Crippen LogP contribution in [0, 0.1) is 39.7 Å². The van der Waals surface area contributed by atoms with Gasteiger partial charge in [-0.2, -0.15) is 11.6 Å². The van der Waals surface area contributed by atoms with Crippen LogP contribution in [-0.4, -0.2) is 0 Å². The van der Waals surface area contributed by atoms with Crippen LogP contribution in [0.1, 0.15) is 66.0 Å². The van der Waals surface area contributed by atoms with E-state index in [-0.39, 0.29) is 58.9 Å². The fraction of sp³-hybridized carbons (Fsp3) is 0.385. The molecule has 0 aromatic heterocycles. The third-order valence-electron chi connectivity index (χ3n) is 5.53. The van der Waals surface area contributed by atoms with E-state index in [1.54, 1.807) is 0 Å². The predicted octanol–water partition coefficient (Wildman–Crippen LogP) is -1.83. The van der Waals surface area contributed by atoms with Crippen LogP contribution >= 0.6 is 0 Å². The fourth-order valence-electron chi connectivity index (χ4n) is 4.36. The molecule has 0 saturated carbocycles. The predicted molar refractivity (Wildman–Crippen MR) is 113 cm³/mol. The van der Waals surface area contributed by atoms with E-state index in [1.807, 2.05) is 0 Å². The molecule has 2 aromatic carbocycles. The first-order valence-electron chi connectivity index (χ1n) is 9.86. The summed E-state index contributed by atoms with van der Waals surface area (Å²) in [4.78, 5) is 0. The van der Waals surface area contributed by atoms with Crippen LogP contribution in [0.4, 0.5) is 0 Å². The first-order valence-corrected chi connectivity index (χ1v) is 9.86. The standard InChI is InChI=1S/C26H31.3ClH.Ti/c1-7-21(6)24-9-8-10-25(24)26(22-13-17(2)11-18(3)14-22)23-15-19(4)12-20(5)16-23;;;;/h8,11-16,21,26H,7,10H2,1-6H3;3*1H;/q-1;;;;+4/p-3. The Morgan fingerprint density at radius 2 is 1.17 bits per heavy atom. The number of aryl methyl sites for hydroxylation is 4. The van der Waals surface area contributed by atoms with Crippen LogP contribution in [0.25, 0.3) is 0 Å². The maximum Gasteiger partial charge on any atom is 4.00 e. The Labute approximate surface area is 217 Å². The van der Waals surface area contributed by atoms with Gasteiger partial charge in [0.2, 0.25) is 0 Å². The molecule has 0 N–H and O–H groups in total. The summed E-state index contributed by atoms with van der Waals surface area (Å²) < 4.78 is 0. The summed E-state index contributed by atoms with van der Waals surface area (Å²) >= 11 is 0. The molecule has 1 aliphatic carbocycles. The molecule has 4 heteroatoms. The molecule has 0 heterocycles. The van der Waals surface area contributed by atoms with E-state index in [0.717, 1.165) is 12.8 Å². The minimum absolute atomic E-state index is 0. The monoisotopic (exact) mass is 496 g/mol. The SMILES string of the molecule is CCC(C)C1=C(C(c2cc(C)cc(C)c2)c2cc(C)cc(C)c2)CC=[C-]1.[Cl-].[Cl-].[Cl-].[Ti+4]. The third-order valence-corrected chi connectivity index (χ3v) is 5.53. The minimum atomic E-state index is 0. The molecule has 0 fully saturated rings. The topological polar surface area (TPSA) is 0 Å². The molecule has 1 unspecified atom stereocenters. The van der Waals surface area contributed by atoms with Gasteiger partial charge in [0.25, 0.3) is 0 Å². The van der Waals surface area contributed by atoms with E-state index < -0.39 is 0 Å². The quantitative estimate of drug-likeness (QED) is 0.337. The van der Waals surface area contributed by atoms with Crippen LogP contribution in [0.5, 0.6) is 0 Å². The molecule has 3 rings (SSSR count). The zero-order chi connectivity index (χ0) is 18.8. The van der Waals surface area contributed by atoms with E-state index in [1.165, 1.54) is 44.5 Å². The van der Waals surface area contributed by atoms with Crippen molar-refractivity contribution in [3.05, 3.63) is 93.1 Å². The van der Waals surface area contributed by atoms with Gasteiger partial charge in [0.05, 0.1) is 0 Å². The number of rotatable bonds is 5. The van der Waals surface area contributed by atoms with Crippen LogP contribution in [0.2, 0.25) is 0 Å². The van der Waals surface area contributed by atoms with Gasteiger partial charge < -0.3 is 37.2 Å². The molecule has 0 amide bonds. The van der Waals surface area contributed by atoms with Gasteiger partial charge in [-0.05, 0) is 33.6 Å². The first-order chi connectivity index (χ1) is 12.4. The number of allylic oxidation sites excluding steroid dienone is 4. The second-order valence-electron chi connectivity index (χ2n) is 8.08. The molecule has 0 nitrogen and oxygen atoms in total. The molecule has 1 aliphatic rings. The van der Waals surface area contributed by atoms with E-state index >= 15 is 0 Å². The zero-order valence-corrected chi connectivity index (χ0v) is 22.6. The summed E-state index contributed by atoms with van der Waals surface area (Å²) in [5.41, 5.74) is 11.2. The first kappa shape index (κ1) is 31.7. The largest absolute Gasteiger partial charge is 4.00 e. The average molecular weight is 498 g/mol. The normalized spacial score (nSPS) is 13.2. The summed E-state index contributed by atoms with van der Waals surface area (Å²) in [6, 6.07) is 14.0. The van der Waals surface area contributed by atoms with Crippen molar-refractivity contribution in [3.8, 4) is 0 Å². The van der Waals surface area contributed by atoms with E-state index in [0.29, 0.717) is 11.8 Å². The van der Waals surface area contributed by atoms with Crippen molar-refractivity contribution in [2.24, 2.45) is 5.92 Å². The van der Waals surface area contributed by atoms with Crippen molar-refractivity contribution in [2.45, 2.75) is 60.3 Å². The molecule has 0 bridgehead atoms. The third kappa shape index (κ3) is 7.28. The van der Waals surface area contributed by atoms with Gasteiger partial charge in [-0.1, -0.05) is 102 Å². The van der Waals surface area contributed by atoms with Gasteiger partial charge in [-0.3, -0.25) is 6.08 Å². The Bertz CT molecular complexity index is 792. The number of hydrogen-bond acceptors (Lipinski definition) is 0. The van der Waals surface area contributed by atoms with Crippen molar-refractivity contribution in [2.75, 3.05) is 0 Å². The smallest absolute Gasteiger partial charge is 1.00 e. The van der Waals surface area contributed by atoms with E-state index in [9.17, 15) is 0 Å². The van der Waals surface area contributed by atoms with Gasteiger partial charge in [0.15, 0.2) is 0 Å². The summed E-state index contributed by atoms with van der Waals surface area (Å²) in [5, 5.41) is 0. The van der Waals surface area contributed by atoms with Crippen molar-refractivity contribution < 1.29 is 58.9 Å². The Hall–Kier alpha value is -0.496. The van der Waals surface area contributed by atoms with Crippen LogP contribution in [0.15, 0.2) is 53.6 Å². The summed E-state index contributed by atoms with van der Waals surface area (Å²) in [6.07, 6.45) is 8.00. The maximum atomic E-state index is 3.59. The average Bonchev–Trinajstić information content (AvgIpc) is 3.01. The molecule has 160 valence electrons. The number of benzene rings is 2. The molecule has 0 spiro atoms. The van der Waals surface area contributed by atoms with Crippen molar-refractivity contribution in [1.29, 1.82) is 0 Å². The molecular formula is C26H31Cl3Ti. The van der Waals surface area contributed by atoms with Crippen molar-refractivity contribution >= 4 is 0 Å². The molecular weight excluding hydrogens is 467 g/mol. The zero-order valence-electron chi connectivity index (χ0n) is 18.7. The van der Waals surface area contributed by atoms with Gasteiger partial charge in [0.1, 0.15) is 0 Å². The molecule has 0 radical (unpaired) electrons. The van der Waals surface area contributed by atoms with E-state index in [4.69, 9.17) is 0 Å². The molecule has 2 aromatic rings. The molecule has 30 heavy (non-hydrogen) atoms. The Morgan fingerprint density at radius 1 is 0.767 bits per heavy atom. The second kappa shape index (κ2) is 13.8. The minimum Gasteiger partial charge on any atom is -1.00 e. The number of hydrogen-bond donors (Lipinski definition) is 0. The Morgan fingerprint density at radius 3 is 1.53 bits per heavy atom. The summed E-state index contributed by atoms with van der Waals surface area (Å²) in [5.74, 6) is 0.880. The summed E-state index contributed by atoms with van der Waals surface area (Å²) in [7, 11) is 0. The fourth-order valence-corrected chi connectivity index (χ4v) is 4.36. The second-order valence-corrected chi connectivity index (χ2v) is 8.08. The van der Waals surface area contributed by atoms with E-state index in [2.05, 4.69) is 90.1 Å². The molecule has 0 saturated heterocycles. The Balaban J connectivity index is 0. The van der Waals surface area contributed by atoms with Gasteiger partial charge >= 0.3 is 21.7 Å². The van der Waals surface area contributed by atoms with Crippen LogP contribution in [-0.2, 0) is 21.7 Å². The van der Waals surface area contributed by atoms with Crippen molar-refractivity contribution in [3.63, 3.8) is 0 Å².